The molecule has 6 nitrogen and oxygen atoms in total. The second-order valence-corrected chi connectivity index (χ2v) is 4.08. The molecule has 1 aliphatic heterocycles. The van der Waals surface area contributed by atoms with Gasteiger partial charge in [-0.05, 0) is 0 Å². The van der Waals surface area contributed by atoms with Crippen molar-refractivity contribution in [2.24, 2.45) is 0 Å². The van der Waals surface area contributed by atoms with Crippen LogP contribution >= 0.6 is 0 Å². The number of nitrogens with one attached hydrogen (secondary N) is 1. The largest absolute Gasteiger partial charge is 0.371 e. The van der Waals surface area contributed by atoms with Gasteiger partial charge in [-0.1, -0.05) is 0 Å². The number of aromatic amines is 1. The van der Waals surface area contributed by atoms with Crippen molar-refractivity contribution in [2.75, 3.05) is 19.7 Å². The predicted molar refractivity (Wildman–Crippen MR) is 49.2 cm³/mol. The van der Waals surface area contributed by atoms with Gasteiger partial charge in [0.1, 0.15) is 0 Å². The summed E-state index contributed by atoms with van der Waals surface area (Å²) in [6, 6.07) is 0. The third-order valence-corrected chi connectivity index (χ3v) is 2.99. The maximum Gasteiger partial charge on any atom is 0.204 e. The van der Waals surface area contributed by atoms with Crippen LogP contribution in [0.15, 0.2) is 12.4 Å². The summed E-state index contributed by atoms with van der Waals surface area (Å²) in [4.78, 5) is 0. The molecule has 1 atom stereocenters. The van der Waals surface area contributed by atoms with E-state index < -0.39 is 10.9 Å². The van der Waals surface area contributed by atoms with Crippen LogP contribution in [0.1, 0.15) is 11.7 Å². The van der Waals surface area contributed by atoms with Crippen LogP contribution < -0.4 is 0 Å². The van der Waals surface area contributed by atoms with E-state index >= 15 is 0 Å². The van der Waals surface area contributed by atoms with Gasteiger partial charge >= 0.3 is 0 Å². The summed E-state index contributed by atoms with van der Waals surface area (Å²) in [5.74, 6) is 0. The molecule has 14 heavy (non-hydrogen) atoms. The highest BCUT2D eigenvalue weighted by atomic mass is 32.2. The standard InChI is InChI=1S/C7H11N3O3S/c11-14(12)10-1-2-13-7(5-10)6-3-8-9-4-6/h3-4,7,14H,1-2,5H2,(H,8,9). The highest BCUT2D eigenvalue weighted by molar-refractivity contribution is 7.69. The molecule has 0 aliphatic carbocycles. The molecule has 0 spiro atoms. The number of hydrogen-bond acceptors (Lipinski definition) is 4. The molecule has 7 heteroatoms. The van der Waals surface area contributed by atoms with E-state index in [-0.39, 0.29) is 6.10 Å². The molecule has 1 aliphatic rings. The monoisotopic (exact) mass is 217 g/mol. The van der Waals surface area contributed by atoms with Gasteiger partial charge in [-0.2, -0.15) is 9.40 Å². The Kier molecular flexibility index (Phi) is 2.80. The first-order chi connectivity index (χ1) is 6.77. The van der Waals surface area contributed by atoms with Gasteiger partial charge in [-0.25, -0.2) is 8.42 Å². The summed E-state index contributed by atoms with van der Waals surface area (Å²) in [6.07, 6.45) is 3.16. The van der Waals surface area contributed by atoms with E-state index in [1.54, 1.807) is 12.4 Å². The molecule has 0 bridgehead atoms. The smallest absolute Gasteiger partial charge is 0.204 e. The van der Waals surface area contributed by atoms with Gasteiger partial charge in [0.2, 0.25) is 10.9 Å². The van der Waals surface area contributed by atoms with Gasteiger partial charge in [-0.3, -0.25) is 5.10 Å². The minimum Gasteiger partial charge on any atom is -0.371 e. The molecule has 0 amide bonds. The lowest BCUT2D eigenvalue weighted by atomic mass is 10.2. The predicted octanol–water partition coefficient (Wildman–Crippen LogP) is -0.691. The fourth-order valence-electron chi connectivity index (χ4n) is 1.42. The van der Waals surface area contributed by atoms with Gasteiger partial charge in [0.25, 0.3) is 0 Å². The number of H-pyrrole nitrogens is 1. The number of thiol groups is 1. The molecule has 2 rings (SSSR count). The molecule has 0 saturated carbocycles. The second-order valence-electron chi connectivity index (χ2n) is 3.04. The molecule has 1 saturated heterocycles. The van der Waals surface area contributed by atoms with E-state index in [0.29, 0.717) is 19.7 Å². The van der Waals surface area contributed by atoms with Crippen LogP contribution in [0.3, 0.4) is 0 Å². The number of hydrogen-bond donors (Lipinski definition) is 2. The topological polar surface area (TPSA) is 75.3 Å². The summed E-state index contributed by atoms with van der Waals surface area (Å²) in [6.45, 7) is 1.24. The van der Waals surface area contributed by atoms with E-state index in [1.165, 1.54) is 4.31 Å². The third kappa shape index (κ3) is 1.94. The summed E-state index contributed by atoms with van der Waals surface area (Å²) >= 11 is 0. The summed E-state index contributed by atoms with van der Waals surface area (Å²) in [5, 5.41) is 6.46. The number of rotatable bonds is 2. The molecular formula is C7H11N3O3S. The minimum absolute atomic E-state index is 0.199. The van der Waals surface area contributed by atoms with Gasteiger partial charge in [0.05, 0.1) is 18.9 Å². The van der Waals surface area contributed by atoms with Crippen molar-refractivity contribution in [3.63, 3.8) is 0 Å². The Bertz CT molecular complexity index is 354. The highest BCUT2D eigenvalue weighted by Gasteiger charge is 2.23. The zero-order valence-electron chi connectivity index (χ0n) is 7.42. The van der Waals surface area contributed by atoms with Crippen molar-refractivity contribution >= 4 is 10.9 Å². The summed E-state index contributed by atoms with van der Waals surface area (Å²) in [5.41, 5.74) is 0.881. The molecule has 1 N–H and O–H groups in total. The highest BCUT2D eigenvalue weighted by Crippen LogP contribution is 2.20. The van der Waals surface area contributed by atoms with Crippen LogP contribution in [0.2, 0.25) is 0 Å². The van der Waals surface area contributed by atoms with Gasteiger partial charge in [0.15, 0.2) is 0 Å². The summed E-state index contributed by atoms with van der Waals surface area (Å²) < 4.78 is 28.3. The average Bonchev–Trinajstić information content (AvgIpc) is 2.71. The van der Waals surface area contributed by atoms with Crippen molar-refractivity contribution in [3.05, 3.63) is 18.0 Å². The third-order valence-electron chi connectivity index (χ3n) is 2.17. The minimum atomic E-state index is -2.50. The maximum atomic E-state index is 10.8. The first-order valence-corrected chi connectivity index (χ1v) is 5.40. The number of ether oxygens (including phenoxy) is 1. The van der Waals surface area contributed by atoms with Gasteiger partial charge in [-0.15, -0.1) is 0 Å². The van der Waals surface area contributed by atoms with Crippen molar-refractivity contribution in [3.8, 4) is 0 Å². The molecule has 0 aromatic carbocycles. The average molecular weight is 217 g/mol. The molecule has 1 fully saturated rings. The normalized spacial score (nSPS) is 24.2. The summed E-state index contributed by atoms with van der Waals surface area (Å²) in [7, 11) is -2.50. The number of morpholine rings is 1. The maximum absolute atomic E-state index is 10.8. The molecule has 78 valence electrons. The Hall–Kier alpha value is -0.920. The molecule has 2 heterocycles. The Morgan fingerprint density at radius 2 is 2.50 bits per heavy atom. The van der Waals surface area contributed by atoms with Crippen molar-refractivity contribution < 1.29 is 13.2 Å². The lowest BCUT2D eigenvalue weighted by molar-refractivity contribution is -0.00145. The second kappa shape index (κ2) is 4.07. The first-order valence-electron chi connectivity index (χ1n) is 4.27. The number of nitrogens with zero attached hydrogens (tertiary/aromatic N) is 2. The van der Waals surface area contributed by atoms with E-state index in [4.69, 9.17) is 4.74 Å². The zero-order chi connectivity index (χ0) is 9.97. The van der Waals surface area contributed by atoms with Crippen LogP contribution in [0.25, 0.3) is 0 Å². The van der Waals surface area contributed by atoms with Crippen LogP contribution in [-0.2, 0) is 15.6 Å². The zero-order valence-corrected chi connectivity index (χ0v) is 8.31. The number of aromatic nitrogens is 2. The lowest BCUT2D eigenvalue weighted by Crippen LogP contribution is -2.37. The molecular weight excluding hydrogens is 206 g/mol. The molecule has 1 unspecified atom stereocenters. The van der Waals surface area contributed by atoms with Gasteiger partial charge < -0.3 is 4.74 Å². The fraction of sp³-hybridized carbons (Fsp3) is 0.571. The van der Waals surface area contributed by atoms with E-state index in [1.807, 2.05) is 0 Å². The quantitative estimate of drug-likeness (QED) is 0.643. The van der Waals surface area contributed by atoms with Crippen molar-refractivity contribution in [1.82, 2.24) is 14.5 Å². The Labute approximate surface area is 82.9 Å². The van der Waals surface area contributed by atoms with Crippen LogP contribution in [0.4, 0.5) is 0 Å². The molecule has 0 radical (unpaired) electrons. The Morgan fingerprint density at radius 1 is 1.64 bits per heavy atom. The SMILES string of the molecule is O=[SH](=O)N1CCOC(c2cn[nH]c2)C1. The van der Waals surface area contributed by atoms with E-state index in [9.17, 15) is 8.42 Å². The lowest BCUT2D eigenvalue weighted by Gasteiger charge is -2.27. The van der Waals surface area contributed by atoms with Crippen molar-refractivity contribution in [2.45, 2.75) is 6.10 Å². The Morgan fingerprint density at radius 3 is 3.14 bits per heavy atom. The van der Waals surface area contributed by atoms with Crippen LogP contribution in [0, 0.1) is 0 Å². The van der Waals surface area contributed by atoms with E-state index in [0.717, 1.165) is 5.56 Å². The van der Waals surface area contributed by atoms with Gasteiger partial charge in [0, 0.05) is 24.8 Å². The fourth-order valence-corrected chi connectivity index (χ4v) is 1.95. The van der Waals surface area contributed by atoms with Crippen LogP contribution in [0.5, 0.6) is 0 Å². The first kappa shape index (κ1) is 9.63. The van der Waals surface area contributed by atoms with Crippen molar-refractivity contribution in [1.29, 1.82) is 0 Å². The van der Waals surface area contributed by atoms with E-state index in [2.05, 4.69) is 10.2 Å². The Balaban J connectivity index is 2.08. The molecule has 1 aromatic heterocycles. The molecule has 1 aromatic rings. The van der Waals surface area contributed by atoms with Crippen LogP contribution in [-0.4, -0.2) is 42.6 Å².